The van der Waals surface area contributed by atoms with Crippen LogP contribution in [0.5, 0.6) is 11.5 Å². The van der Waals surface area contributed by atoms with Crippen molar-refractivity contribution in [1.29, 1.82) is 0 Å². The minimum absolute atomic E-state index is 0.162. The molecule has 0 heterocycles. The van der Waals surface area contributed by atoms with E-state index in [0.29, 0.717) is 35.2 Å². The largest absolute Gasteiger partial charge is 0.505 e. The minimum atomic E-state index is -0.356. The summed E-state index contributed by atoms with van der Waals surface area (Å²) < 4.78 is 0. The molecule has 2 amide bonds. The number of aromatic hydroxyl groups is 2. The fourth-order valence-corrected chi connectivity index (χ4v) is 6.53. The van der Waals surface area contributed by atoms with E-state index >= 15 is 0 Å². The highest BCUT2D eigenvalue weighted by atomic mass is 16.3. The summed E-state index contributed by atoms with van der Waals surface area (Å²) in [5.41, 5.74) is 4.29. The number of carbonyl (C=O) groups excluding carboxylic acids is 2. The van der Waals surface area contributed by atoms with Crippen LogP contribution in [0.15, 0.2) is 130 Å². The highest BCUT2D eigenvalue weighted by molar-refractivity contribution is 6.07. The molecule has 0 aliphatic rings. The number of hydrogen-bond donors (Lipinski definition) is 4. The number of hydrogen-bond acceptors (Lipinski definition) is 10. The van der Waals surface area contributed by atoms with E-state index in [4.69, 9.17) is 0 Å². The molecule has 0 bridgehead atoms. The van der Waals surface area contributed by atoms with Crippen LogP contribution < -0.4 is 10.6 Å². The van der Waals surface area contributed by atoms with Gasteiger partial charge in [0.25, 0.3) is 11.8 Å². The second kappa shape index (κ2) is 19.6. The van der Waals surface area contributed by atoms with E-state index in [1.54, 1.807) is 12.1 Å². The molecule has 0 aliphatic carbocycles. The average molecular weight is 779 g/mol. The molecular weight excluding hydrogens is 729 g/mol. The van der Waals surface area contributed by atoms with Gasteiger partial charge in [0.2, 0.25) is 0 Å². The van der Waals surface area contributed by atoms with E-state index < -0.39 is 0 Å². The molecule has 58 heavy (non-hydrogen) atoms. The number of benzene rings is 6. The molecule has 12 nitrogen and oxygen atoms in total. The Labute approximate surface area is 338 Å². The van der Waals surface area contributed by atoms with Crippen LogP contribution >= 0.6 is 0 Å². The SMILES string of the molecule is CN(C)CCCNC(=O)c1cc2ccccc2c(N=Nc2ccc(CCc3ccc(N=Nc4c(O)c(C(=O)NCCCN(C)C)cc5ccccc45)cc3)cc2)c1O. The molecule has 6 aromatic carbocycles. The van der Waals surface area contributed by atoms with Crippen molar-refractivity contribution >= 4 is 56.1 Å². The van der Waals surface area contributed by atoms with E-state index in [0.717, 1.165) is 60.7 Å². The predicted octanol–water partition coefficient (Wildman–Crippen LogP) is 9.38. The van der Waals surface area contributed by atoms with Gasteiger partial charge in [-0.1, -0.05) is 72.8 Å². The van der Waals surface area contributed by atoms with Gasteiger partial charge >= 0.3 is 0 Å². The van der Waals surface area contributed by atoms with Crippen LogP contribution in [0, 0.1) is 0 Å². The van der Waals surface area contributed by atoms with E-state index in [9.17, 15) is 19.8 Å². The lowest BCUT2D eigenvalue weighted by Crippen LogP contribution is -2.27. The van der Waals surface area contributed by atoms with Crippen molar-refractivity contribution in [2.75, 3.05) is 54.4 Å². The van der Waals surface area contributed by atoms with E-state index in [1.165, 1.54) is 0 Å². The summed E-state index contributed by atoms with van der Waals surface area (Å²) in [5, 5.41) is 48.8. The maximum Gasteiger partial charge on any atom is 0.255 e. The maximum absolute atomic E-state index is 13.0. The predicted molar refractivity (Wildman–Crippen MR) is 231 cm³/mol. The smallest absolute Gasteiger partial charge is 0.255 e. The molecule has 0 spiro atoms. The Morgan fingerprint density at radius 1 is 0.534 bits per heavy atom. The third kappa shape index (κ3) is 10.7. The molecule has 0 saturated heterocycles. The van der Waals surface area contributed by atoms with Gasteiger partial charge in [-0.2, -0.15) is 10.2 Å². The molecule has 0 atom stereocenters. The van der Waals surface area contributed by atoms with Crippen LogP contribution in [0.1, 0.15) is 44.7 Å². The van der Waals surface area contributed by atoms with E-state index in [-0.39, 0.29) is 45.8 Å². The number of fused-ring (bicyclic) bond motifs is 2. The number of phenols is 2. The lowest BCUT2D eigenvalue weighted by molar-refractivity contribution is 0.0941. The molecule has 12 heteroatoms. The lowest BCUT2D eigenvalue weighted by atomic mass is 10.0. The molecule has 0 radical (unpaired) electrons. The Balaban J connectivity index is 1.09. The number of aryl methyl sites for hydroxylation is 2. The molecule has 0 aromatic heterocycles. The number of nitrogens with zero attached hydrogens (tertiary/aromatic N) is 6. The Hall–Kier alpha value is -6.50. The molecule has 6 rings (SSSR count). The molecule has 298 valence electrons. The second-order valence-corrected chi connectivity index (χ2v) is 14.7. The van der Waals surface area contributed by atoms with Gasteiger partial charge in [0.1, 0.15) is 11.4 Å². The average Bonchev–Trinajstić information content (AvgIpc) is 3.22. The first kappa shape index (κ1) is 41.1. The monoisotopic (exact) mass is 778 g/mol. The molecule has 0 fully saturated rings. The van der Waals surface area contributed by atoms with Crippen LogP contribution in [0.3, 0.4) is 0 Å². The quantitative estimate of drug-likeness (QED) is 0.0535. The number of nitrogens with one attached hydrogen (secondary N) is 2. The first-order chi connectivity index (χ1) is 28.1. The van der Waals surface area contributed by atoms with Gasteiger partial charge in [-0.25, -0.2) is 0 Å². The van der Waals surface area contributed by atoms with Crippen LogP contribution in [-0.2, 0) is 12.8 Å². The minimum Gasteiger partial charge on any atom is -0.505 e. The fourth-order valence-electron chi connectivity index (χ4n) is 6.53. The van der Waals surface area contributed by atoms with Crippen molar-refractivity contribution in [2.45, 2.75) is 25.7 Å². The summed E-state index contributed by atoms with van der Waals surface area (Å²) in [6, 6.07) is 33.8. The molecule has 6 aromatic rings. The Morgan fingerprint density at radius 2 is 0.914 bits per heavy atom. The van der Waals surface area contributed by atoms with Crippen LogP contribution in [0.4, 0.5) is 22.7 Å². The zero-order valence-corrected chi connectivity index (χ0v) is 33.4. The number of phenolic OH excluding ortho intramolecular Hbond substituents is 2. The topological polar surface area (TPSA) is 155 Å². The first-order valence-electron chi connectivity index (χ1n) is 19.4. The molecule has 4 N–H and O–H groups in total. The van der Waals surface area contributed by atoms with E-state index in [1.807, 2.05) is 125 Å². The van der Waals surface area contributed by atoms with Gasteiger partial charge in [-0.05, 0) is 125 Å². The Kier molecular flexibility index (Phi) is 13.9. The van der Waals surface area contributed by atoms with Gasteiger partial charge in [-0.3, -0.25) is 9.59 Å². The summed E-state index contributed by atoms with van der Waals surface area (Å²) in [5.74, 6) is -1.12. The van der Waals surface area contributed by atoms with Crippen molar-refractivity contribution in [3.63, 3.8) is 0 Å². The van der Waals surface area contributed by atoms with Crippen molar-refractivity contribution in [2.24, 2.45) is 20.5 Å². The van der Waals surface area contributed by atoms with Gasteiger partial charge in [-0.15, -0.1) is 10.2 Å². The zero-order chi connectivity index (χ0) is 41.0. The number of amides is 2. The number of rotatable bonds is 17. The van der Waals surface area contributed by atoms with Crippen LogP contribution in [-0.4, -0.2) is 86.2 Å². The van der Waals surface area contributed by atoms with Crippen molar-refractivity contribution in [1.82, 2.24) is 20.4 Å². The Morgan fingerprint density at radius 3 is 1.29 bits per heavy atom. The van der Waals surface area contributed by atoms with Gasteiger partial charge in [0.05, 0.1) is 22.5 Å². The summed E-state index contributed by atoms with van der Waals surface area (Å²) in [7, 11) is 7.93. The van der Waals surface area contributed by atoms with Crippen LogP contribution in [0.2, 0.25) is 0 Å². The standard InChI is InChI=1S/C46H50N8O4/c1-53(2)27-9-25-47-45(57)39-29-33-11-5-7-13-37(33)41(43(39)55)51-49-35-21-17-31(18-22-35)15-16-32-19-23-36(24-20-32)50-52-42-38-14-8-6-12-34(38)30-40(44(42)56)46(58)48-26-10-28-54(3)4/h5-8,11-14,17-24,29-30,55-56H,9-10,15-16,25-28H2,1-4H3,(H,47,57)(H,48,58). The highest BCUT2D eigenvalue weighted by Crippen LogP contribution is 2.40. The normalized spacial score (nSPS) is 11.8. The van der Waals surface area contributed by atoms with Gasteiger partial charge in [0.15, 0.2) is 11.5 Å². The van der Waals surface area contributed by atoms with Gasteiger partial charge in [0, 0.05) is 23.9 Å². The number of carbonyl (C=O) groups is 2. The third-order valence-corrected chi connectivity index (χ3v) is 9.72. The Bertz CT molecular complexity index is 2260. The highest BCUT2D eigenvalue weighted by Gasteiger charge is 2.19. The summed E-state index contributed by atoms with van der Waals surface area (Å²) in [6.45, 7) is 2.66. The molecule has 0 aliphatic heterocycles. The van der Waals surface area contributed by atoms with Crippen molar-refractivity contribution in [3.8, 4) is 11.5 Å². The number of azo groups is 2. The molecule has 0 saturated carbocycles. The fraction of sp³-hybridized carbons (Fsp3) is 0.261. The first-order valence-corrected chi connectivity index (χ1v) is 19.4. The van der Waals surface area contributed by atoms with Gasteiger partial charge < -0.3 is 30.6 Å². The zero-order valence-electron chi connectivity index (χ0n) is 33.4. The lowest BCUT2D eigenvalue weighted by Gasteiger charge is -2.12. The second-order valence-electron chi connectivity index (χ2n) is 14.7. The summed E-state index contributed by atoms with van der Waals surface area (Å²) in [4.78, 5) is 30.1. The van der Waals surface area contributed by atoms with Crippen molar-refractivity contribution < 1.29 is 19.8 Å². The molecule has 0 unspecified atom stereocenters. The maximum atomic E-state index is 13.0. The third-order valence-electron chi connectivity index (χ3n) is 9.72. The summed E-state index contributed by atoms with van der Waals surface area (Å²) >= 11 is 0. The molecular formula is C46H50N8O4. The summed E-state index contributed by atoms with van der Waals surface area (Å²) in [6.07, 6.45) is 3.16. The van der Waals surface area contributed by atoms with E-state index in [2.05, 4.69) is 40.9 Å². The van der Waals surface area contributed by atoms with Crippen LogP contribution in [0.25, 0.3) is 21.5 Å². The van der Waals surface area contributed by atoms with Crippen molar-refractivity contribution in [3.05, 3.63) is 131 Å².